The summed E-state index contributed by atoms with van der Waals surface area (Å²) in [4.78, 5) is 0. The minimum atomic E-state index is -0.237. The summed E-state index contributed by atoms with van der Waals surface area (Å²) in [6.45, 7) is 2.17. The number of aromatic nitrogens is 2. The number of hydrogen-bond acceptors (Lipinski definition) is 2. The molecule has 1 aromatic heterocycles. The van der Waals surface area contributed by atoms with E-state index in [0.29, 0.717) is 5.82 Å². The van der Waals surface area contributed by atoms with Gasteiger partial charge >= 0.3 is 0 Å². The van der Waals surface area contributed by atoms with E-state index >= 15 is 0 Å². The molecular weight excluding hydrogens is 241 g/mol. The molecule has 1 heterocycles. The van der Waals surface area contributed by atoms with Crippen molar-refractivity contribution in [3.63, 3.8) is 0 Å². The molecule has 0 radical (unpaired) electrons. The predicted molar refractivity (Wildman–Crippen MR) is 76.2 cm³/mol. The third kappa shape index (κ3) is 2.95. The third-order valence-corrected chi connectivity index (χ3v) is 3.31. The van der Waals surface area contributed by atoms with E-state index in [1.54, 1.807) is 16.8 Å². The third-order valence-electron chi connectivity index (χ3n) is 3.31. The highest BCUT2D eigenvalue weighted by Crippen LogP contribution is 2.30. The molecule has 0 aliphatic heterocycles. The van der Waals surface area contributed by atoms with Crippen molar-refractivity contribution in [1.29, 1.82) is 0 Å². The molecular formula is C15H20FN3. The molecule has 2 rings (SSSR count). The summed E-state index contributed by atoms with van der Waals surface area (Å²) in [5, 5.41) is 4.48. The molecule has 2 aromatic rings. The normalized spacial score (nSPS) is 10.9. The van der Waals surface area contributed by atoms with Crippen molar-refractivity contribution < 1.29 is 4.39 Å². The van der Waals surface area contributed by atoms with Crippen LogP contribution in [0.15, 0.2) is 24.3 Å². The minimum Gasteiger partial charge on any atom is -0.383 e. The number of rotatable bonds is 5. The van der Waals surface area contributed by atoms with Gasteiger partial charge in [-0.1, -0.05) is 31.9 Å². The average Bonchev–Trinajstić information content (AvgIpc) is 2.67. The summed E-state index contributed by atoms with van der Waals surface area (Å²) < 4.78 is 14.7. The topological polar surface area (TPSA) is 43.8 Å². The zero-order chi connectivity index (χ0) is 13.8. The van der Waals surface area contributed by atoms with E-state index in [9.17, 15) is 4.39 Å². The molecule has 0 spiro atoms. The second-order valence-electron chi connectivity index (χ2n) is 4.79. The van der Waals surface area contributed by atoms with E-state index in [0.717, 1.165) is 29.7 Å². The number of nitrogen functional groups attached to an aromatic ring is 1. The van der Waals surface area contributed by atoms with E-state index < -0.39 is 0 Å². The molecule has 0 unspecified atom stereocenters. The summed E-state index contributed by atoms with van der Waals surface area (Å²) in [5.74, 6) is 0.400. The van der Waals surface area contributed by atoms with Gasteiger partial charge < -0.3 is 5.73 Å². The number of aryl methyl sites for hydroxylation is 2. The van der Waals surface area contributed by atoms with Crippen LogP contribution in [0, 0.1) is 5.82 Å². The Morgan fingerprint density at radius 3 is 2.53 bits per heavy atom. The quantitative estimate of drug-likeness (QED) is 0.837. The number of anilines is 1. The van der Waals surface area contributed by atoms with Crippen LogP contribution in [0.2, 0.25) is 0 Å². The fraction of sp³-hybridized carbons (Fsp3) is 0.400. The molecule has 0 atom stereocenters. The predicted octanol–water partition coefficient (Wildman–Crippen LogP) is 3.54. The summed E-state index contributed by atoms with van der Waals surface area (Å²) >= 11 is 0. The van der Waals surface area contributed by atoms with Crippen LogP contribution in [0.1, 0.15) is 31.9 Å². The molecule has 4 heteroatoms. The van der Waals surface area contributed by atoms with E-state index in [1.165, 1.54) is 25.0 Å². The highest BCUT2D eigenvalue weighted by Gasteiger charge is 2.15. The van der Waals surface area contributed by atoms with Crippen LogP contribution in [0.25, 0.3) is 11.1 Å². The van der Waals surface area contributed by atoms with Gasteiger partial charge in [-0.25, -0.2) is 4.39 Å². The molecule has 1 aromatic carbocycles. The van der Waals surface area contributed by atoms with Crippen LogP contribution in [-0.2, 0) is 13.5 Å². The Hall–Kier alpha value is -1.84. The lowest BCUT2D eigenvalue weighted by atomic mass is 10.0. The van der Waals surface area contributed by atoms with Gasteiger partial charge in [-0.3, -0.25) is 4.68 Å². The summed E-state index contributed by atoms with van der Waals surface area (Å²) in [7, 11) is 1.84. The van der Waals surface area contributed by atoms with Crippen LogP contribution in [0.5, 0.6) is 0 Å². The number of nitrogens with two attached hydrogens (primary N) is 1. The number of unbranched alkanes of at least 4 members (excludes halogenated alkanes) is 2. The summed E-state index contributed by atoms with van der Waals surface area (Å²) in [5.41, 5.74) is 8.96. The molecule has 19 heavy (non-hydrogen) atoms. The highest BCUT2D eigenvalue weighted by atomic mass is 19.1. The zero-order valence-electron chi connectivity index (χ0n) is 11.5. The Balaban J connectivity index is 2.34. The number of benzene rings is 1. The first-order valence-electron chi connectivity index (χ1n) is 6.70. The van der Waals surface area contributed by atoms with Crippen molar-refractivity contribution in [3.05, 3.63) is 35.8 Å². The standard InChI is InChI=1S/C15H20FN3/c1-3-4-5-6-13-14(15(17)19(2)18-13)11-7-9-12(16)10-8-11/h7-10H,3-6,17H2,1-2H3. The monoisotopic (exact) mass is 261 g/mol. The molecule has 0 saturated heterocycles. The smallest absolute Gasteiger partial charge is 0.129 e. The first-order chi connectivity index (χ1) is 9.13. The maximum atomic E-state index is 13.0. The van der Waals surface area contributed by atoms with E-state index in [1.807, 2.05) is 7.05 Å². The molecule has 0 bridgehead atoms. The van der Waals surface area contributed by atoms with E-state index in [-0.39, 0.29) is 5.82 Å². The van der Waals surface area contributed by atoms with E-state index in [2.05, 4.69) is 12.0 Å². The van der Waals surface area contributed by atoms with E-state index in [4.69, 9.17) is 5.73 Å². The number of nitrogens with zero attached hydrogens (tertiary/aromatic N) is 2. The minimum absolute atomic E-state index is 0.237. The first-order valence-corrected chi connectivity index (χ1v) is 6.70. The Morgan fingerprint density at radius 1 is 1.21 bits per heavy atom. The van der Waals surface area contributed by atoms with Crippen LogP contribution in [-0.4, -0.2) is 9.78 Å². The Labute approximate surface area is 113 Å². The first kappa shape index (κ1) is 13.6. The van der Waals surface area contributed by atoms with Gasteiger partial charge in [0.25, 0.3) is 0 Å². The lowest BCUT2D eigenvalue weighted by Crippen LogP contribution is -1.98. The van der Waals surface area contributed by atoms with Crippen LogP contribution < -0.4 is 5.73 Å². The lowest BCUT2D eigenvalue weighted by molar-refractivity contribution is 0.628. The largest absolute Gasteiger partial charge is 0.383 e. The SMILES string of the molecule is CCCCCc1nn(C)c(N)c1-c1ccc(F)cc1. The fourth-order valence-electron chi connectivity index (χ4n) is 2.24. The van der Waals surface area contributed by atoms with Gasteiger partial charge in [-0.15, -0.1) is 0 Å². The molecule has 0 aliphatic rings. The average molecular weight is 261 g/mol. The molecule has 0 fully saturated rings. The maximum Gasteiger partial charge on any atom is 0.129 e. The fourth-order valence-corrected chi connectivity index (χ4v) is 2.24. The van der Waals surface area contributed by atoms with Gasteiger partial charge in [0.2, 0.25) is 0 Å². The van der Waals surface area contributed by atoms with Gasteiger partial charge in [0.15, 0.2) is 0 Å². The van der Waals surface area contributed by atoms with Crippen molar-refractivity contribution >= 4 is 5.82 Å². The molecule has 0 amide bonds. The van der Waals surface area contributed by atoms with Crippen molar-refractivity contribution in [1.82, 2.24) is 9.78 Å². The van der Waals surface area contributed by atoms with Crippen molar-refractivity contribution in [2.24, 2.45) is 7.05 Å². The van der Waals surface area contributed by atoms with Gasteiger partial charge in [0.1, 0.15) is 11.6 Å². The molecule has 0 aliphatic carbocycles. The number of halogens is 1. The molecule has 102 valence electrons. The second kappa shape index (κ2) is 5.87. The Bertz CT molecular complexity index is 543. The van der Waals surface area contributed by atoms with Crippen molar-refractivity contribution in [2.75, 3.05) is 5.73 Å². The van der Waals surface area contributed by atoms with Crippen LogP contribution in [0.3, 0.4) is 0 Å². The number of hydrogen-bond donors (Lipinski definition) is 1. The second-order valence-corrected chi connectivity index (χ2v) is 4.79. The zero-order valence-corrected chi connectivity index (χ0v) is 11.5. The lowest BCUT2D eigenvalue weighted by Gasteiger charge is -2.04. The van der Waals surface area contributed by atoms with Gasteiger partial charge in [0, 0.05) is 12.6 Å². The summed E-state index contributed by atoms with van der Waals surface area (Å²) in [6.07, 6.45) is 4.36. The Morgan fingerprint density at radius 2 is 1.89 bits per heavy atom. The molecule has 2 N–H and O–H groups in total. The van der Waals surface area contributed by atoms with Crippen LogP contribution in [0.4, 0.5) is 10.2 Å². The summed E-state index contributed by atoms with van der Waals surface area (Å²) in [6, 6.07) is 6.42. The van der Waals surface area contributed by atoms with Crippen LogP contribution >= 0.6 is 0 Å². The van der Waals surface area contributed by atoms with Gasteiger partial charge in [-0.2, -0.15) is 5.10 Å². The van der Waals surface area contributed by atoms with Crippen molar-refractivity contribution in [3.8, 4) is 11.1 Å². The van der Waals surface area contributed by atoms with Gasteiger partial charge in [0.05, 0.1) is 5.69 Å². The van der Waals surface area contributed by atoms with Gasteiger partial charge in [-0.05, 0) is 30.5 Å². The maximum absolute atomic E-state index is 13.0. The molecule has 3 nitrogen and oxygen atoms in total. The molecule has 0 saturated carbocycles. The highest BCUT2D eigenvalue weighted by molar-refractivity contribution is 5.76. The van der Waals surface area contributed by atoms with Crippen molar-refractivity contribution in [2.45, 2.75) is 32.6 Å². The Kier molecular flexibility index (Phi) is 4.20.